The summed E-state index contributed by atoms with van der Waals surface area (Å²) < 4.78 is 5.56. The highest BCUT2D eigenvalue weighted by atomic mass is 16.5. The van der Waals surface area contributed by atoms with Crippen molar-refractivity contribution in [3.05, 3.63) is 63.1 Å². The number of carboxylic acid groups (broad SMARTS) is 1. The molecule has 2 aliphatic rings. The van der Waals surface area contributed by atoms with E-state index in [1.165, 1.54) is 13.8 Å². The van der Waals surface area contributed by atoms with E-state index in [1.54, 1.807) is 6.20 Å². The number of aliphatic carboxylic acids is 1. The number of aromatic nitrogens is 1. The fraction of sp³-hybridized carbons (Fsp3) is 0.536. The van der Waals surface area contributed by atoms with Crippen LogP contribution in [-0.4, -0.2) is 51.7 Å². The summed E-state index contributed by atoms with van der Waals surface area (Å²) in [6, 6.07) is 6.89. The predicted octanol–water partition coefficient (Wildman–Crippen LogP) is 3.50. The van der Waals surface area contributed by atoms with Gasteiger partial charge in [0.15, 0.2) is 0 Å². The molecule has 1 aromatic carbocycles. The molecule has 1 fully saturated rings. The van der Waals surface area contributed by atoms with Crippen LogP contribution in [-0.2, 0) is 22.5 Å². The molecule has 0 spiro atoms. The smallest absolute Gasteiger partial charge is 0.323 e. The first-order valence-corrected chi connectivity index (χ1v) is 12.8. The van der Waals surface area contributed by atoms with E-state index < -0.39 is 17.6 Å². The Morgan fingerprint density at radius 1 is 1.25 bits per heavy atom. The largest absolute Gasteiger partial charge is 0.480 e. The number of nitrogens with one attached hydrogen (secondary N) is 2. The van der Waals surface area contributed by atoms with Crippen molar-refractivity contribution in [3.8, 4) is 0 Å². The molecule has 8 heteroatoms. The van der Waals surface area contributed by atoms with Crippen molar-refractivity contribution in [1.82, 2.24) is 10.3 Å². The SMILES string of the molecule is Cc1cc(C2=Nc3cc(CN[C@H](C(=O)O)C(C)(C)O)ccc3CCC2CC2CCOCC2)c[nH]c1=O. The molecular weight excluding hydrogens is 458 g/mol. The summed E-state index contributed by atoms with van der Waals surface area (Å²) in [6.45, 7) is 6.68. The second-order valence-corrected chi connectivity index (χ2v) is 10.7. The second-order valence-electron chi connectivity index (χ2n) is 10.7. The molecule has 0 amide bonds. The van der Waals surface area contributed by atoms with Crippen molar-refractivity contribution >= 4 is 17.4 Å². The number of H-pyrrole nitrogens is 1. The summed E-state index contributed by atoms with van der Waals surface area (Å²) in [5, 5.41) is 22.7. The van der Waals surface area contributed by atoms with Crippen molar-refractivity contribution in [2.75, 3.05) is 13.2 Å². The number of hydrogen-bond acceptors (Lipinski definition) is 6. The van der Waals surface area contributed by atoms with Gasteiger partial charge < -0.3 is 19.9 Å². The van der Waals surface area contributed by atoms with Crippen molar-refractivity contribution in [3.63, 3.8) is 0 Å². The van der Waals surface area contributed by atoms with Gasteiger partial charge in [-0.1, -0.05) is 12.1 Å². The minimum absolute atomic E-state index is 0.0949. The number of rotatable bonds is 8. The molecule has 0 saturated carbocycles. The molecule has 1 aromatic heterocycles. The Balaban J connectivity index is 1.65. The maximum Gasteiger partial charge on any atom is 0.323 e. The number of ether oxygens (including phenoxy) is 1. The predicted molar refractivity (Wildman–Crippen MR) is 139 cm³/mol. The van der Waals surface area contributed by atoms with E-state index in [1.807, 2.05) is 25.1 Å². The summed E-state index contributed by atoms with van der Waals surface area (Å²) in [7, 11) is 0. The molecule has 1 unspecified atom stereocenters. The van der Waals surface area contributed by atoms with Crippen LogP contribution in [0.4, 0.5) is 5.69 Å². The number of carboxylic acids is 1. The van der Waals surface area contributed by atoms with E-state index in [0.717, 1.165) is 73.4 Å². The summed E-state index contributed by atoms with van der Waals surface area (Å²) in [5.41, 5.74) is 4.02. The van der Waals surface area contributed by atoms with Crippen molar-refractivity contribution in [2.24, 2.45) is 16.8 Å². The number of aliphatic hydroxyl groups is 1. The van der Waals surface area contributed by atoms with Crippen molar-refractivity contribution < 1.29 is 19.7 Å². The van der Waals surface area contributed by atoms with Crippen LogP contribution in [0, 0.1) is 18.8 Å². The van der Waals surface area contributed by atoms with Gasteiger partial charge in [-0.15, -0.1) is 0 Å². The minimum Gasteiger partial charge on any atom is -0.480 e. The normalized spacial score (nSPS) is 19.8. The average Bonchev–Trinajstić information content (AvgIpc) is 3.00. The van der Waals surface area contributed by atoms with Gasteiger partial charge in [0.2, 0.25) is 0 Å². The van der Waals surface area contributed by atoms with Crippen LogP contribution in [0.3, 0.4) is 0 Å². The van der Waals surface area contributed by atoms with Gasteiger partial charge in [0, 0.05) is 43.0 Å². The number of carbonyl (C=O) groups is 1. The third kappa shape index (κ3) is 6.30. The zero-order valence-corrected chi connectivity index (χ0v) is 21.3. The summed E-state index contributed by atoms with van der Waals surface area (Å²) in [5.74, 6) is -0.241. The second kappa shape index (κ2) is 11.1. The molecular formula is C28H37N3O5. The Morgan fingerprint density at radius 2 is 2.00 bits per heavy atom. The third-order valence-electron chi connectivity index (χ3n) is 7.35. The average molecular weight is 496 g/mol. The lowest BCUT2D eigenvalue weighted by Gasteiger charge is -2.27. The topological polar surface area (TPSA) is 124 Å². The molecule has 36 heavy (non-hydrogen) atoms. The van der Waals surface area contributed by atoms with Crippen LogP contribution in [0.1, 0.15) is 61.8 Å². The molecule has 0 radical (unpaired) electrons. The molecule has 2 aliphatic heterocycles. The Labute approximate surface area is 211 Å². The Morgan fingerprint density at radius 3 is 2.67 bits per heavy atom. The molecule has 1 saturated heterocycles. The number of aryl methyl sites for hydroxylation is 2. The van der Waals surface area contributed by atoms with Crippen LogP contribution in [0.25, 0.3) is 0 Å². The number of aromatic amines is 1. The fourth-order valence-electron chi connectivity index (χ4n) is 5.24. The molecule has 0 bridgehead atoms. The van der Waals surface area contributed by atoms with Crippen LogP contribution in [0.15, 0.2) is 40.2 Å². The van der Waals surface area contributed by atoms with Gasteiger partial charge in [-0.2, -0.15) is 0 Å². The minimum atomic E-state index is -1.40. The molecule has 4 rings (SSSR count). The van der Waals surface area contributed by atoms with Crippen LogP contribution in [0.2, 0.25) is 0 Å². The first kappa shape index (κ1) is 26.3. The molecule has 4 N–H and O–H groups in total. The highest BCUT2D eigenvalue weighted by Crippen LogP contribution is 2.35. The maximum absolute atomic E-state index is 12.0. The van der Waals surface area contributed by atoms with E-state index >= 15 is 0 Å². The zero-order valence-electron chi connectivity index (χ0n) is 21.3. The van der Waals surface area contributed by atoms with Crippen LogP contribution >= 0.6 is 0 Å². The Kier molecular flexibility index (Phi) is 8.07. The van der Waals surface area contributed by atoms with E-state index in [-0.39, 0.29) is 11.5 Å². The highest BCUT2D eigenvalue weighted by Gasteiger charge is 2.33. The number of benzene rings is 1. The lowest BCUT2D eigenvalue weighted by Crippen LogP contribution is -2.51. The van der Waals surface area contributed by atoms with Gasteiger partial charge in [-0.3, -0.25) is 19.9 Å². The quantitative estimate of drug-likeness (QED) is 0.444. The lowest BCUT2D eigenvalue weighted by atomic mass is 9.82. The van der Waals surface area contributed by atoms with Crippen molar-refractivity contribution in [2.45, 2.75) is 71.1 Å². The number of hydrogen-bond donors (Lipinski definition) is 4. The van der Waals surface area contributed by atoms with Gasteiger partial charge in [0.25, 0.3) is 5.56 Å². The standard InChI is InChI=1S/C28H37N3O5/c1-17-12-22(16-30-26(17)32)24-21(13-18-8-10-36-11-9-18)7-6-20-5-4-19(14-23(20)31-24)15-29-25(27(33)34)28(2,3)35/h4-5,12,14,16,18,21,25,29,35H,6-11,13,15H2,1-3H3,(H,30,32)(H,33,34)/t21?,25-/m1/s1. The van der Waals surface area contributed by atoms with Crippen LogP contribution in [0.5, 0.6) is 0 Å². The van der Waals surface area contributed by atoms with Gasteiger partial charge in [0.1, 0.15) is 6.04 Å². The lowest BCUT2D eigenvalue weighted by molar-refractivity contribution is -0.145. The van der Waals surface area contributed by atoms with Gasteiger partial charge >= 0.3 is 5.97 Å². The summed E-state index contributed by atoms with van der Waals surface area (Å²) in [4.78, 5) is 31.7. The van der Waals surface area contributed by atoms with E-state index in [0.29, 0.717) is 18.0 Å². The molecule has 2 aromatic rings. The Bertz CT molecular complexity index is 1170. The van der Waals surface area contributed by atoms with Crippen molar-refractivity contribution in [1.29, 1.82) is 0 Å². The number of pyridine rings is 1. The fourth-order valence-corrected chi connectivity index (χ4v) is 5.24. The van der Waals surface area contributed by atoms with Gasteiger partial charge in [-0.25, -0.2) is 0 Å². The zero-order chi connectivity index (χ0) is 25.9. The first-order valence-electron chi connectivity index (χ1n) is 12.8. The van der Waals surface area contributed by atoms with Crippen LogP contribution < -0.4 is 10.9 Å². The van der Waals surface area contributed by atoms with Gasteiger partial charge in [-0.05, 0) is 82.1 Å². The van der Waals surface area contributed by atoms with E-state index in [4.69, 9.17) is 9.73 Å². The van der Waals surface area contributed by atoms with E-state index in [9.17, 15) is 19.8 Å². The monoisotopic (exact) mass is 495 g/mol. The third-order valence-corrected chi connectivity index (χ3v) is 7.35. The summed E-state index contributed by atoms with van der Waals surface area (Å²) >= 11 is 0. The molecule has 0 aliphatic carbocycles. The highest BCUT2D eigenvalue weighted by molar-refractivity contribution is 6.04. The molecule has 3 heterocycles. The van der Waals surface area contributed by atoms with Gasteiger partial charge in [0.05, 0.1) is 17.0 Å². The number of fused-ring (bicyclic) bond motifs is 1. The maximum atomic E-state index is 12.0. The molecule has 8 nitrogen and oxygen atoms in total. The molecule has 2 atom stereocenters. The first-order chi connectivity index (χ1) is 17.1. The number of nitrogens with zero attached hydrogens (tertiary/aromatic N) is 1. The molecule has 194 valence electrons. The number of aliphatic imine (C=N–C) groups is 1. The Hall–Kier alpha value is -2.81. The summed E-state index contributed by atoms with van der Waals surface area (Å²) in [6.07, 6.45) is 6.79. The van der Waals surface area contributed by atoms with E-state index in [2.05, 4.69) is 16.4 Å².